The number of aromatic nitrogens is 2. The summed E-state index contributed by atoms with van der Waals surface area (Å²) < 4.78 is 1.33. The average Bonchev–Trinajstić information content (AvgIpc) is 2.82. The lowest BCUT2D eigenvalue weighted by molar-refractivity contribution is -0.385. The van der Waals surface area contributed by atoms with E-state index in [1.807, 2.05) is 0 Å². The highest BCUT2D eigenvalue weighted by atomic mass is 32.1. The van der Waals surface area contributed by atoms with Gasteiger partial charge < -0.3 is 5.73 Å². The summed E-state index contributed by atoms with van der Waals surface area (Å²) in [5.74, 6) is -0.298. The molecule has 1 aromatic rings. The molecule has 1 aromatic heterocycles. The van der Waals surface area contributed by atoms with Gasteiger partial charge in [0, 0.05) is 13.0 Å². The van der Waals surface area contributed by atoms with Gasteiger partial charge >= 0.3 is 5.69 Å². The molecule has 9 nitrogen and oxygen atoms in total. The van der Waals surface area contributed by atoms with Gasteiger partial charge in [-0.1, -0.05) is 0 Å². The van der Waals surface area contributed by atoms with Crippen molar-refractivity contribution in [3.63, 3.8) is 0 Å². The molecule has 0 radical (unpaired) electrons. The topological polar surface area (TPSA) is 119 Å². The first kappa shape index (κ1) is 14.8. The first-order chi connectivity index (χ1) is 8.93. The molecule has 0 atom stereocenters. The lowest BCUT2D eigenvalue weighted by Crippen LogP contribution is -2.48. The van der Waals surface area contributed by atoms with Gasteiger partial charge in [0.25, 0.3) is 0 Å². The second-order valence-electron chi connectivity index (χ2n) is 3.59. The molecule has 0 aliphatic rings. The summed E-state index contributed by atoms with van der Waals surface area (Å²) in [5, 5.41) is 15.6. The van der Waals surface area contributed by atoms with E-state index in [0.29, 0.717) is 6.54 Å². The summed E-state index contributed by atoms with van der Waals surface area (Å²) in [6.45, 7) is 2.47. The van der Waals surface area contributed by atoms with Crippen molar-refractivity contribution in [1.29, 1.82) is 0 Å². The standard InChI is InChI=1S/C9H14N6O3S/c1-2-14(9(10)19)12-8(16)3-4-13-6-7(5-11-13)15(17)18/h5-6H,2-4H2,1H3,(H2,10,19)(H,12,16). The lowest BCUT2D eigenvalue weighted by atomic mass is 10.4. The highest BCUT2D eigenvalue weighted by molar-refractivity contribution is 7.80. The maximum absolute atomic E-state index is 11.6. The van der Waals surface area contributed by atoms with Crippen molar-refractivity contribution in [2.75, 3.05) is 6.54 Å². The molecule has 104 valence electrons. The summed E-state index contributed by atoms with van der Waals surface area (Å²) in [6, 6.07) is 0. The Bertz CT molecular complexity index is 488. The van der Waals surface area contributed by atoms with Crippen molar-refractivity contribution in [3.8, 4) is 0 Å². The van der Waals surface area contributed by atoms with E-state index in [-0.39, 0.29) is 29.7 Å². The Morgan fingerprint density at radius 3 is 2.89 bits per heavy atom. The number of hydrazine groups is 1. The Hall–Kier alpha value is -2.23. The molecule has 0 aliphatic carbocycles. The van der Waals surface area contributed by atoms with Crippen molar-refractivity contribution >= 4 is 28.9 Å². The third kappa shape index (κ3) is 4.50. The number of rotatable bonds is 5. The number of nitrogens with one attached hydrogen (secondary N) is 1. The lowest BCUT2D eigenvalue weighted by Gasteiger charge is -2.21. The quantitative estimate of drug-likeness (QED) is 0.436. The molecule has 0 unspecified atom stereocenters. The predicted molar refractivity (Wildman–Crippen MR) is 70.8 cm³/mol. The van der Waals surface area contributed by atoms with E-state index in [0.717, 1.165) is 6.20 Å². The number of nitro groups is 1. The van der Waals surface area contributed by atoms with Gasteiger partial charge in [0.1, 0.15) is 12.4 Å². The number of aryl methyl sites for hydroxylation is 1. The molecular formula is C9H14N6O3S. The van der Waals surface area contributed by atoms with E-state index in [1.54, 1.807) is 6.92 Å². The molecule has 0 saturated carbocycles. The van der Waals surface area contributed by atoms with Crippen molar-refractivity contribution in [2.45, 2.75) is 19.9 Å². The second kappa shape index (κ2) is 6.64. The van der Waals surface area contributed by atoms with Crippen LogP contribution in [0.4, 0.5) is 5.69 Å². The van der Waals surface area contributed by atoms with Crippen molar-refractivity contribution in [1.82, 2.24) is 20.2 Å². The number of nitrogens with two attached hydrogens (primary N) is 1. The fourth-order valence-electron chi connectivity index (χ4n) is 1.28. The van der Waals surface area contributed by atoms with Crippen LogP contribution in [0.15, 0.2) is 12.4 Å². The zero-order valence-corrected chi connectivity index (χ0v) is 11.1. The third-order valence-electron chi connectivity index (χ3n) is 2.24. The maximum Gasteiger partial charge on any atom is 0.306 e. The van der Waals surface area contributed by atoms with Gasteiger partial charge in [-0.3, -0.25) is 30.0 Å². The summed E-state index contributed by atoms with van der Waals surface area (Å²) in [5.41, 5.74) is 7.80. The van der Waals surface area contributed by atoms with E-state index in [9.17, 15) is 14.9 Å². The number of amides is 1. The fourth-order valence-corrected chi connectivity index (χ4v) is 1.46. The summed E-state index contributed by atoms with van der Waals surface area (Å²) >= 11 is 4.74. The van der Waals surface area contributed by atoms with Gasteiger partial charge in [-0.2, -0.15) is 5.10 Å². The highest BCUT2D eigenvalue weighted by Crippen LogP contribution is 2.07. The minimum atomic E-state index is -0.546. The van der Waals surface area contributed by atoms with Crippen LogP contribution in [0.1, 0.15) is 13.3 Å². The van der Waals surface area contributed by atoms with E-state index in [2.05, 4.69) is 10.5 Å². The molecular weight excluding hydrogens is 272 g/mol. The molecule has 0 aromatic carbocycles. The molecule has 19 heavy (non-hydrogen) atoms. The van der Waals surface area contributed by atoms with Crippen LogP contribution in [0.5, 0.6) is 0 Å². The Morgan fingerprint density at radius 2 is 2.42 bits per heavy atom. The van der Waals surface area contributed by atoms with Crippen LogP contribution in [0.2, 0.25) is 0 Å². The number of carbonyl (C=O) groups is 1. The smallest absolute Gasteiger partial charge is 0.306 e. The zero-order chi connectivity index (χ0) is 14.4. The van der Waals surface area contributed by atoms with Gasteiger partial charge in [-0.15, -0.1) is 0 Å². The van der Waals surface area contributed by atoms with E-state index < -0.39 is 4.92 Å². The maximum atomic E-state index is 11.6. The molecule has 0 saturated heterocycles. The minimum absolute atomic E-state index is 0.0746. The Kier molecular flexibility index (Phi) is 5.18. The predicted octanol–water partition coefficient (Wildman–Crippen LogP) is -0.222. The Labute approximate surface area is 114 Å². The molecule has 1 rings (SSSR count). The number of carbonyl (C=O) groups excluding carboxylic acids is 1. The van der Waals surface area contributed by atoms with E-state index in [1.165, 1.54) is 15.9 Å². The van der Waals surface area contributed by atoms with Crippen LogP contribution in [0.3, 0.4) is 0 Å². The van der Waals surface area contributed by atoms with Gasteiger partial charge in [0.05, 0.1) is 11.5 Å². The van der Waals surface area contributed by atoms with Crippen molar-refractivity contribution in [2.24, 2.45) is 5.73 Å². The van der Waals surface area contributed by atoms with Gasteiger partial charge in [-0.25, -0.2) is 0 Å². The highest BCUT2D eigenvalue weighted by Gasteiger charge is 2.11. The summed E-state index contributed by atoms with van der Waals surface area (Å²) in [6.07, 6.45) is 2.50. The van der Waals surface area contributed by atoms with E-state index in [4.69, 9.17) is 18.0 Å². The van der Waals surface area contributed by atoms with Gasteiger partial charge in [0.15, 0.2) is 5.11 Å². The Balaban J connectivity index is 2.45. The molecule has 3 N–H and O–H groups in total. The number of thiocarbonyl (C=S) groups is 1. The van der Waals surface area contributed by atoms with Gasteiger partial charge in [-0.05, 0) is 19.1 Å². The SMILES string of the molecule is CCN(NC(=O)CCn1cc([N+](=O)[O-])cn1)C(N)=S. The number of hydrogen-bond acceptors (Lipinski definition) is 5. The molecule has 1 heterocycles. The Morgan fingerprint density at radius 1 is 1.74 bits per heavy atom. The normalized spacial score (nSPS) is 9.95. The molecule has 1 amide bonds. The third-order valence-corrected chi connectivity index (χ3v) is 2.46. The van der Waals surface area contributed by atoms with Crippen LogP contribution >= 0.6 is 12.2 Å². The molecule has 0 spiro atoms. The monoisotopic (exact) mass is 286 g/mol. The zero-order valence-electron chi connectivity index (χ0n) is 10.3. The van der Waals surface area contributed by atoms with Crippen molar-refractivity contribution in [3.05, 3.63) is 22.5 Å². The molecule has 0 aliphatic heterocycles. The average molecular weight is 286 g/mol. The second-order valence-corrected chi connectivity index (χ2v) is 4.00. The molecule has 10 heteroatoms. The van der Waals surface area contributed by atoms with Crippen LogP contribution in [0, 0.1) is 10.1 Å². The summed E-state index contributed by atoms with van der Waals surface area (Å²) in [4.78, 5) is 21.5. The largest absolute Gasteiger partial charge is 0.375 e. The first-order valence-electron chi connectivity index (χ1n) is 5.47. The summed E-state index contributed by atoms with van der Waals surface area (Å²) in [7, 11) is 0. The van der Waals surface area contributed by atoms with Crippen LogP contribution in [-0.2, 0) is 11.3 Å². The minimum Gasteiger partial charge on any atom is -0.375 e. The molecule has 0 bridgehead atoms. The van der Waals surface area contributed by atoms with E-state index >= 15 is 0 Å². The number of hydrogen-bond donors (Lipinski definition) is 2. The van der Waals surface area contributed by atoms with Crippen LogP contribution in [-0.4, -0.2) is 37.3 Å². The van der Waals surface area contributed by atoms with Crippen LogP contribution < -0.4 is 11.2 Å². The van der Waals surface area contributed by atoms with Crippen LogP contribution in [0.25, 0.3) is 0 Å². The molecule has 0 fully saturated rings. The van der Waals surface area contributed by atoms with Gasteiger partial charge in [0.2, 0.25) is 5.91 Å². The first-order valence-corrected chi connectivity index (χ1v) is 5.88. The fraction of sp³-hybridized carbons (Fsp3) is 0.444. The van der Waals surface area contributed by atoms with Crippen molar-refractivity contribution < 1.29 is 9.72 Å². The number of nitrogens with zero attached hydrogens (tertiary/aromatic N) is 4.